The maximum atomic E-state index is 13.2. The minimum absolute atomic E-state index is 0.0529. The van der Waals surface area contributed by atoms with Gasteiger partial charge in [0.1, 0.15) is 6.07 Å². The van der Waals surface area contributed by atoms with E-state index in [1.165, 1.54) is 0 Å². The van der Waals surface area contributed by atoms with Gasteiger partial charge in [-0.1, -0.05) is 32.9 Å². The molecule has 0 radical (unpaired) electrons. The maximum Gasteiger partial charge on any atom is 0.184 e. The van der Waals surface area contributed by atoms with Crippen molar-refractivity contribution in [2.45, 2.75) is 43.8 Å². The molecule has 0 aliphatic rings. The Labute approximate surface area is 188 Å². The largest absolute Gasteiger partial charge is 0.255 e. The molecule has 0 fully saturated rings. The number of fused-ring (bicyclic) bond motifs is 1. The number of benzene rings is 2. The second-order valence-electron chi connectivity index (χ2n) is 8.87. The Balaban J connectivity index is 1.77. The Morgan fingerprint density at radius 3 is 2.44 bits per heavy atom. The smallest absolute Gasteiger partial charge is 0.184 e. The van der Waals surface area contributed by atoms with Gasteiger partial charge >= 0.3 is 0 Å². The van der Waals surface area contributed by atoms with Gasteiger partial charge in [-0.25, -0.2) is 13.1 Å². The van der Waals surface area contributed by atoms with Crippen molar-refractivity contribution < 1.29 is 8.42 Å². The molecule has 2 aromatic heterocycles. The molecule has 0 saturated heterocycles. The van der Waals surface area contributed by atoms with Crippen molar-refractivity contribution in [2.24, 2.45) is 0 Å². The average molecular weight is 445 g/mol. The molecule has 2 aromatic carbocycles. The lowest BCUT2D eigenvalue weighted by Gasteiger charge is -2.19. The number of hydrogen-bond acceptors (Lipinski definition) is 5. The van der Waals surface area contributed by atoms with Crippen LogP contribution in [0.2, 0.25) is 0 Å². The fourth-order valence-electron chi connectivity index (χ4n) is 3.74. The number of nitriles is 1. The van der Waals surface area contributed by atoms with Crippen LogP contribution in [0.1, 0.15) is 43.3 Å². The first kappa shape index (κ1) is 21.7. The van der Waals surface area contributed by atoms with Crippen molar-refractivity contribution >= 4 is 20.7 Å². The minimum atomic E-state index is -3.59. The molecule has 4 aromatic rings. The second kappa shape index (κ2) is 7.88. The van der Waals surface area contributed by atoms with Crippen LogP contribution in [0.25, 0.3) is 16.6 Å². The highest BCUT2D eigenvalue weighted by molar-refractivity contribution is 7.90. The van der Waals surface area contributed by atoms with Crippen molar-refractivity contribution in [1.82, 2.24) is 14.8 Å². The molecule has 2 heterocycles. The SMILES string of the molecule is Cc1cc(CS(=O)(=O)c2ccc(C(C)(C)C)cc2)n(-c2ccc(C#N)c3ncccc23)n1. The summed E-state index contributed by atoms with van der Waals surface area (Å²) in [5.74, 6) is -0.190. The quantitative estimate of drug-likeness (QED) is 0.448. The van der Waals surface area contributed by atoms with Gasteiger partial charge in [-0.15, -0.1) is 0 Å². The second-order valence-corrected chi connectivity index (χ2v) is 10.9. The Morgan fingerprint density at radius 2 is 1.78 bits per heavy atom. The van der Waals surface area contributed by atoms with Crippen LogP contribution in [0.3, 0.4) is 0 Å². The third-order valence-electron chi connectivity index (χ3n) is 5.42. The molecule has 7 heteroatoms. The fourth-order valence-corrected chi connectivity index (χ4v) is 5.05. The van der Waals surface area contributed by atoms with E-state index in [1.807, 2.05) is 25.1 Å². The van der Waals surface area contributed by atoms with Crippen molar-refractivity contribution in [2.75, 3.05) is 0 Å². The van der Waals surface area contributed by atoms with Gasteiger partial charge in [-0.3, -0.25) is 4.98 Å². The molecule has 4 rings (SSSR count). The minimum Gasteiger partial charge on any atom is -0.255 e. The van der Waals surface area contributed by atoms with Crippen molar-refractivity contribution in [1.29, 1.82) is 5.26 Å². The van der Waals surface area contributed by atoms with E-state index in [-0.39, 0.29) is 16.1 Å². The van der Waals surface area contributed by atoms with E-state index in [1.54, 1.807) is 47.3 Å². The third-order valence-corrected chi connectivity index (χ3v) is 7.08. The average Bonchev–Trinajstić information content (AvgIpc) is 3.11. The number of pyridine rings is 1. The van der Waals surface area contributed by atoms with E-state index < -0.39 is 9.84 Å². The Hall–Kier alpha value is -3.50. The highest BCUT2D eigenvalue weighted by atomic mass is 32.2. The van der Waals surface area contributed by atoms with Crippen LogP contribution in [0.15, 0.2) is 65.7 Å². The summed E-state index contributed by atoms with van der Waals surface area (Å²) in [5, 5.41) is 14.7. The van der Waals surface area contributed by atoms with Gasteiger partial charge in [0, 0.05) is 11.6 Å². The lowest BCUT2D eigenvalue weighted by Crippen LogP contribution is -2.13. The predicted octanol–water partition coefficient (Wildman–Crippen LogP) is 4.87. The Morgan fingerprint density at radius 1 is 1.06 bits per heavy atom. The van der Waals surface area contributed by atoms with Crippen LogP contribution in [0, 0.1) is 18.3 Å². The van der Waals surface area contributed by atoms with Crippen molar-refractivity contribution in [3.63, 3.8) is 0 Å². The zero-order valence-electron chi connectivity index (χ0n) is 18.5. The van der Waals surface area contributed by atoms with Crippen LogP contribution in [0.4, 0.5) is 0 Å². The van der Waals surface area contributed by atoms with Gasteiger partial charge in [0.15, 0.2) is 9.84 Å². The Bertz CT molecular complexity index is 1450. The van der Waals surface area contributed by atoms with Crippen LogP contribution in [-0.2, 0) is 21.0 Å². The molecule has 0 aliphatic carbocycles. The van der Waals surface area contributed by atoms with Gasteiger partial charge < -0.3 is 0 Å². The van der Waals surface area contributed by atoms with Gasteiger partial charge in [-0.2, -0.15) is 10.4 Å². The molecule has 0 amide bonds. The standard InChI is InChI=1S/C25H24N4O2S/c1-17-14-20(16-32(30,31)21-10-8-19(9-11-21)25(2,3)4)29(28-17)23-12-7-18(15-26)24-22(23)6-5-13-27-24/h5-14H,16H2,1-4H3. The zero-order valence-corrected chi connectivity index (χ0v) is 19.3. The summed E-state index contributed by atoms with van der Waals surface area (Å²) in [6.45, 7) is 8.10. The summed E-state index contributed by atoms with van der Waals surface area (Å²) in [4.78, 5) is 4.62. The number of rotatable bonds is 4. The van der Waals surface area contributed by atoms with E-state index >= 15 is 0 Å². The van der Waals surface area contributed by atoms with Crippen LogP contribution < -0.4 is 0 Å². The van der Waals surface area contributed by atoms with E-state index in [2.05, 4.69) is 36.9 Å². The fraction of sp³-hybridized carbons (Fsp3) is 0.240. The lowest BCUT2D eigenvalue weighted by atomic mass is 9.87. The van der Waals surface area contributed by atoms with E-state index in [9.17, 15) is 13.7 Å². The normalized spacial score (nSPS) is 12.1. The first-order valence-electron chi connectivity index (χ1n) is 10.3. The van der Waals surface area contributed by atoms with Crippen LogP contribution >= 0.6 is 0 Å². The van der Waals surface area contributed by atoms with E-state index in [4.69, 9.17) is 0 Å². The number of nitrogens with zero attached hydrogens (tertiary/aromatic N) is 4. The number of aryl methyl sites for hydroxylation is 1. The van der Waals surface area contributed by atoms with E-state index in [0.717, 1.165) is 10.9 Å². The summed E-state index contributed by atoms with van der Waals surface area (Å²) in [6.07, 6.45) is 1.63. The molecule has 0 saturated carbocycles. The molecule has 6 nitrogen and oxygen atoms in total. The molecular formula is C25H24N4O2S. The molecule has 0 bridgehead atoms. The summed E-state index contributed by atoms with van der Waals surface area (Å²) in [7, 11) is -3.59. The summed E-state index contributed by atoms with van der Waals surface area (Å²) in [6, 6.07) is 18.1. The van der Waals surface area contributed by atoms with Gasteiger partial charge in [-0.05, 0) is 60.4 Å². The Kier molecular flexibility index (Phi) is 5.35. The van der Waals surface area contributed by atoms with Gasteiger partial charge in [0.2, 0.25) is 0 Å². The number of aromatic nitrogens is 3. The van der Waals surface area contributed by atoms with Gasteiger partial charge in [0.05, 0.1) is 38.8 Å². The van der Waals surface area contributed by atoms with Crippen molar-refractivity contribution in [3.8, 4) is 11.8 Å². The maximum absolute atomic E-state index is 13.2. The molecule has 0 atom stereocenters. The summed E-state index contributed by atoms with van der Waals surface area (Å²) < 4.78 is 28.1. The molecule has 0 aliphatic heterocycles. The highest BCUT2D eigenvalue weighted by Crippen LogP contribution is 2.28. The molecule has 0 spiro atoms. The summed E-state index contributed by atoms with van der Waals surface area (Å²) in [5.41, 5.74) is 4.00. The molecule has 0 unspecified atom stereocenters. The predicted molar refractivity (Wildman–Crippen MR) is 124 cm³/mol. The van der Waals surface area contributed by atoms with Crippen LogP contribution in [0.5, 0.6) is 0 Å². The first-order chi connectivity index (χ1) is 15.1. The molecule has 32 heavy (non-hydrogen) atoms. The van der Waals surface area contributed by atoms with E-state index in [0.29, 0.717) is 28.2 Å². The molecule has 162 valence electrons. The monoisotopic (exact) mass is 444 g/mol. The third kappa shape index (κ3) is 4.02. The summed E-state index contributed by atoms with van der Waals surface area (Å²) >= 11 is 0. The van der Waals surface area contributed by atoms with Crippen LogP contribution in [-0.4, -0.2) is 23.2 Å². The lowest BCUT2D eigenvalue weighted by molar-refractivity contribution is 0.585. The van der Waals surface area contributed by atoms with Gasteiger partial charge in [0.25, 0.3) is 0 Å². The highest BCUT2D eigenvalue weighted by Gasteiger charge is 2.22. The topological polar surface area (TPSA) is 88.6 Å². The number of sulfone groups is 1. The number of hydrogen-bond donors (Lipinski definition) is 0. The first-order valence-corrected chi connectivity index (χ1v) is 11.9. The van der Waals surface area contributed by atoms with Crippen molar-refractivity contribution in [3.05, 3.63) is 83.3 Å². The molecule has 0 N–H and O–H groups in total. The molecular weight excluding hydrogens is 420 g/mol. The zero-order chi connectivity index (χ0) is 23.1.